The van der Waals surface area contributed by atoms with Crippen LogP contribution >= 0.6 is 0 Å². The second-order valence-corrected chi connectivity index (χ2v) is 6.79. The number of nitrogens with one attached hydrogen (secondary N) is 1. The highest BCUT2D eigenvalue weighted by Crippen LogP contribution is 2.30. The lowest BCUT2D eigenvalue weighted by molar-refractivity contribution is 0.190. The van der Waals surface area contributed by atoms with Crippen molar-refractivity contribution in [1.82, 2.24) is 30.4 Å². The number of tetrazole rings is 1. The van der Waals surface area contributed by atoms with Crippen molar-refractivity contribution in [3.63, 3.8) is 0 Å². The van der Waals surface area contributed by atoms with E-state index in [1.165, 1.54) is 16.7 Å². The summed E-state index contributed by atoms with van der Waals surface area (Å²) in [5.41, 5.74) is 4.64. The summed E-state index contributed by atoms with van der Waals surface area (Å²) in [4.78, 5) is 2.46. The molecule has 3 aromatic rings. The second-order valence-electron chi connectivity index (χ2n) is 6.79. The molecule has 6 nitrogen and oxygen atoms in total. The van der Waals surface area contributed by atoms with Crippen molar-refractivity contribution in [3.05, 3.63) is 71.0 Å². The van der Waals surface area contributed by atoms with Crippen LogP contribution in [0.25, 0.3) is 5.69 Å². The van der Waals surface area contributed by atoms with Gasteiger partial charge < -0.3 is 5.32 Å². The topological polar surface area (TPSA) is 58.9 Å². The van der Waals surface area contributed by atoms with Gasteiger partial charge in [0.2, 0.25) is 0 Å². The zero-order valence-corrected chi connectivity index (χ0v) is 15.3. The fraction of sp³-hybridized carbons (Fsp3) is 0.350. The number of para-hydroxylation sites is 1. The number of hydrogen-bond donors (Lipinski definition) is 1. The van der Waals surface area contributed by atoms with E-state index < -0.39 is 0 Å². The van der Waals surface area contributed by atoms with Gasteiger partial charge in [-0.2, -0.15) is 4.68 Å². The van der Waals surface area contributed by atoms with Gasteiger partial charge in [0.25, 0.3) is 0 Å². The van der Waals surface area contributed by atoms with Gasteiger partial charge in [0.15, 0.2) is 5.82 Å². The van der Waals surface area contributed by atoms with Crippen molar-refractivity contribution in [2.45, 2.75) is 19.9 Å². The Morgan fingerprint density at radius 3 is 2.31 bits per heavy atom. The van der Waals surface area contributed by atoms with Crippen molar-refractivity contribution in [3.8, 4) is 5.69 Å². The van der Waals surface area contributed by atoms with E-state index in [0.29, 0.717) is 0 Å². The Hall–Kier alpha value is -2.57. The molecule has 134 valence electrons. The van der Waals surface area contributed by atoms with E-state index in [1.807, 2.05) is 10.7 Å². The molecule has 6 heteroatoms. The van der Waals surface area contributed by atoms with Gasteiger partial charge in [-0.05, 0) is 41.0 Å². The molecule has 1 N–H and O–H groups in total. The van der Waals surface area contributed by atoms with Gasteiger partial charge in [-0.25, -0.2) is 0 Å². The van der Waals surface area contributed by atoms with Crippen LogP contribution in [0.2, 0.25) is 0 Å². The highest BCUT2D eigenvalue weighted by Gasteiger charge is 2.29. The first-order chi connectivity index (χ1) is 12.8. The molecular formula is C20H24N6. The molecular weight excluding hydrogens is 324 g/mol. The molecule has 26 heavy (non-hydrogen) atoms. The van der Waals surface area contributed by atoms with Gasteiger partial charge in [0.1, 0.15) is 0 Å². The lowest BCUT2D eigenvalue weighted by Crippen LogP contribution is -2.46. The van der Waals surface area contributed by atoms with Crippen LogP contribution in [0.4, 0.5) is 0 Å². The molecule has 2 heterocycles. The molecule has 0 bridgehead atoms. The normalized spacial score (nSPS) is 16.5. The minimum Gasteiger partial charge on any atom is -0.314 e. The Bertz CT molecular complexity index is 847. The predicted octanol–water partition coefficient (Wildman–Crippen LogP) is 2.27. The van der Waals surface area contributed by atoms with Gasteiger partial charge in [-0.1, -0.05) is 48.5 Å². The van der Waals surface area contributed by atoms with E-state index >= 15 is 0 Å². The van der Waals surface area contributed by atoms with Crippen LogP contribution in [0.15, 0.2) is 48.5 Å². The third-order valence-corrected chi connectivity index (χ3v) is 5.02. The summed E-state index contributed by atoms with van der Waals surface area (Å²) < 4.78 is 1.92. The summed E-state index contributed by atoms with van der Waals surface area (Å²) in [7, 11) is 0. The van der Waals surface area contributed by atoms with Crippen LogP contribution in [0.3, 0.4) is 0 Å². The standard InChI is InChI=1S/C20H24N6/c1-15-7-6-8-16(2)18(15)26-20(22-23-24-26)19(17-9-4-3-5-10-17)25-13-11-21-12-14-25/h3-10,19,21H,11-14H2,1-2H3. The van der Waals surface area contributed by atoms with Crippen LogP contribution in [0.5, 0.6) is 0 Å². The average molecular weight is 348 g/mol. The Labute approximate surface area is 153 Å². The van der Waals surface area contributed by atoms with Crippen molar-refractivity contribution in [2.24, 2.45) is 0 Å². The molecule has 2 aromatic carbocycles. The van der Waals surface area contributed by atoms with Crippen molar-refractivity contribution in [2.75, 3.05) is 26.2 Å². The molecule has 0 spiro atoms. The third-order valence-electron chi connectivity index (χ3n) is 5.02. The predicted molar refractivity (Wildman–Crippen MR) is 101 cm³/mol. The number of aryl methyl sites for hydroxylation is 2. The van der Waals surface area contributed by atoms with E-state index in [1.54, 1.807) is 0 Å². The van der Waals surface area contributed by atoms with Crippen molar-refractivity contribution in [1.29, 1.82) is 0 Å². The van der Waals surface area contributed by atoms with E-state index in [0.717, 1.165) is 37.7 Å². The number of nitrogens with zero attached hydrogens (tertiary/aromatic N) is 5. The first-order valence-electron chi connectivity index (χ1n) is 9.10. The first kappa shape index (κ1) is 16.9. The van der Waals surface area contributed by atoms with Crippen LogP contribution < -0.4 is 5.32 Å². The Morgan fingerprint density at radius 2 is 1.62 bits per heavy atom. The van der Waals surface area contributed by atoms with E-state index in [-0.39, 0.29) is 6.04 Å². The molecule has 0 aliphatic carbocycles. The molecule has 1 aliphatic rings. The molecule has 0 radical (unpaired) electrons. The lowest BCUT2D eigenvalue weighted by Gasteiger charge is -2.34. The molecule has 0 saturated carbocycles. The van der Waals surface area contributed by atoms with Crippen molar-refractivity contribution < 1.29 is 0 Å². The lowest BCUT2D eigenvalue weighted by atomic mass is 10.0. The van der Waals surface area contributed by atoms with Crippen LogP contribution in [0, 0.1) is 13.8 Å². The molecule has 1 atom stereocenters. The van der Waals surface area contributed by atoms with E-state index in [2.05, 4.69) is 82.1 Å². The smallest absolute Gasteiger partial charge is 0.178 e. The monoisotopic (exact) mass is 348 g/mol. The van der Waals surface area contributed by atoms with Gasteiger partial charge in [0.05, 0.1) is 11.7 Å². The number of rotatable bonds is 4. The average Bonchev–Trinajstić information content (AvgIpc) is 3.12. The maximum atomic E-state index is 4.47. The number of hydrogen-bond acceptors (Lipinski definition) is 5. The van der Waals surface area contributed by atoms with Gasteiger partial charge in [-0.3, -0.25) is 4.90 Å². The van der Waals surface area contributed by atoms with Crippen LogP contribution in [-0.2, 0) is 0 Å². The molecule has 1 unspecified atom stereocenters. The first-order valence-corrected chi connectivity index (χ1v) is 9.10. The molecule has 1 aromatic heterocycles. The van der Waals surface area contributed by atoms with Gasteiger partial charge in [-0.15, -0.1) is 5.10 Å². The fourth-order valence-corrected chi connectivity index (χ4v) is 3.76. The van der Waals surface area contributed by atoms with Gasteiger partial charge >= 0.3 is 0 Å². The molecule has 1 aliphatic heterocycles. The summed E-state index contributed by atoms with van der Waals surface area (Å²) in [5.74, 6) is 0.871. The highest BCUT2D eigenvalue weighted by atomic mass is 15.6. The van der Waals surface area contributed by atoms with E-state index in [4.69, 9.17) is 0 Å². The van der Waals surface area contributed by atoms with E-state index in [9.17, 15) is 0 Å². The molecule has 1 fully saturated rings. The largest absolute Gasteiger partial charge is 0.314 e. The Kier molecular flexibility index (Phi) is 4.77. The van der Waals surface area contributed by atoms with Crippen LogP contribution in [-0.4, -0.2) is 51.3 Å². The molecule has 0 amide bonds. The molecule has 4 rings (SSSR count). The SMILES string of the molecule is Cc1cccc(C)c1-n1nnnc1C(c1ccccc1)N1CCNCC1. The second kappa shape index (κ2) is 7.35. The maximum absolute atomic E-state index is 4.47. The zero-order chi connectivity index (χ0) is 17.9. The highest BCUT2D eigenvalue weighted by molar-refractivity contribution is 5.47. The Balaban J connectivity index is 1.84. The summed E-state index contributed by atoms with van der Waals surface area (Å²) in [6, 6.07) is 16.9. The van der Waals surface area contributed by atoms with Gasteiger partial charge in [0, 0.05) is 26.2 Å². The minimum atomic E-state index is 0.0345. The molecule has 1 saturated heterocycles. The summed E-state index contributed by atoms with van der Waals surface area (Å²) in [6.07, 6.45) is 0. The maximum Gasteiger partial charge on any atom is 0.178 e. The van der Waals surface area contributed by atoms with Crippen molar-refractivity contribution >= 4 is 0 Å². The fourth-order valence-electron chi connectivity index (χ4n) is 3.76. The number of benzene rings is 2. The number of piperazine rings is 1. The quantitative estimate of drug-likeness (QED) is 0.784. The Morgan fingerprint density at radius 1 is 0.923 bits per heavy atom. The summed E-state index contributed by atoms with van der Waals surface area (Å²) in [6.45, 7) is 8.12. The summed E-state index contributed by atoms with van der Waals surface area (Å²) in [5, 5.41) is 16.3. The zero-order valence-electron chi connectivity index (χ0n) is 15.3. The van der Waals surface area contributed by atoms with Crippen LogP contribution in [0.1, 0.15) is 28.6 Å². The number of aromatic nitrogens is 4. The summed E-state index contributed by atoms with van der Waals surface area (Å²) >= 11 is 0. The minimum absolute atomic E-state index is 0.0345. The third kappa shape index (κ3) is 3.13.